The SMILES string of the molecule is O=S(=O)(O)CCOS(=O)(=O)CCCO. The molecule has 0 aliphatic heterocycles. The molecule has 0 spiro atoms. The van der Waals surface area contributed by atoms with Crippen molar-refractivity contribution in [3.63, 3.8) is 0 Å². The first-order valence-corrected chi connectivity index (χ1v) is 6.88. The molecule has 0 aliphatic rings. The summed E-state index contributed by atoms with van der Waals surface area (Å²) >= 11 is 0. The van der Waals surface area contributed by atoms with Gasteiger partial charge in [-0.25, -0.2) is 0 Å². The summed E-state index contributed by atoms with van der Waals surface area (Å²) in [6, 6.07) is 0. The highest BCUT2D eigenvalue weighted by Crippen LogP contribution is 1.96. The molecule has 0 saturated carbocycles. The summed E-state index contributed by atoms with van der Waals surface area (Å²) < 4.78 is 54.6. The molecule has 0 saturated heterocycles. The molecular formula is C5H12O7S2. The van der Waals surface area contributed by atoms with E-state index in [1.165, 1.54) is 0 Å². The van der Waals surface area contributed by atoms with Gasteiger partial charge in [0, 0.05) is 6.61 Å². The fourth-order valence-corrected chi connectivity index (χ4v) is 1.90. The standard InChI is InChI=1S/C5H12O7S2/c6-2-1-4-14(10,11)12-3-5-13(7,8)9/h6H,1-5H2,(H,7,8,9). The second-order valence-corrected chi connectivity index (χ2v) is 5.78. The lowest BCUT2D eigenvalue weighted by atomic mass is 10.5. The van der Waals surface area contributed by atoms with Gasteiger partial charge in [-0.2, -0.15) is 16.8 Å². The molecule has 2 N–H and O–H groups in total. The summed E-state index contributed by atoms with van der Waals surface area (Å²) in [7, 11) is -8.01. The number of aliphatic hydroxyl groups excluding tert-OH is 1. The van der Waals surface area contributed by atoms with Crippen LogP contribution in [0.4, 0.5) is 0 Å². The van der Waals surface area contributed by atoms with Gasteiger partial charge >= 0.3 is 0 Å². The smallest absolute Gasteiger partial charge is 0.267 e. The van der Waals surface area contributed by atoms with Crippen LogP contribution in [0.2, 0.25) is 0 Å². The van der Waals surface area contributed by atoms with Gasteiger partial charge in [0.1, 0.15) is 5.75 Å². The lowest BCUT2D eigenvalue weighted by Gasteiger charge is -2.02. The molecule has 0 aromatic carbocycles. The van der Waals surface area contributed by atoms with E-state index < -0.39 is 32.6 Å². The van der Waals surface area contributed by atoms with Crippen molar-refractivity contribution < 1.29 is 30.7 Å². The predicted octanol–water partition coefficient (Wildman–Crippen LogP) is -1.40. The van der Waals surface area contributed by atoms with Gasteiger partial charge in [0.05, 0.1) is 12.4 Å². The first kappa shape index (κ1) is 13.8. The monoisotopic (exact) mass is 248 g/mol. The zero-order chi connectivity index (χ0) is 11.2. The maximum absolute atomic E-state index is 10.9. The molecule has 0 heterocycles. The summed E-state index contributed by atoms with van der Waals surface area (Å²) in [5.74, 6) is -1.15. The molecule has 0 unspecified atom stereocenters. The van der Waals surface area contributed by atoms with E-state index in [1.54, 1.807) is 0 Å². The third-order valence-electron chi connectivity index (χ3n) is 1.16. The van der Waals surface area contributed by atoms with Crippen molar-refractivity contribution in [2.45, 2.75) is 6.42 Å². The molecule has 0 aromatic heterocycles. The number of aliphatic hydroxyl groups is 1. The van der Waals surface area contributed by atoms with Gasteiger partial charge in [-0.1, -0.05) is 0 Å². The van der Waals surface area contributed by atoms with Crippen LogP contribution < -0.4 is 0 Å². The van der Waals surface area contributed by atoms with Gasteiger partial charge < -0.3 is 5.11 Å². The Hall–Kier alpha value is -0.220. The largest absolute Gasteiger partial charge is 0.396 e. The minimum Gasteiger partial charge on any atom is -0.396 e. The maximum atomic E-state index is 10.9. The quantitative estimate of drug-likeness (QED) is 0.420. The Morgan fingerprint density at radius 2 is 1.64 bits per heavy atom. The first-order valence-electron chi connectivity index (χ1n) is 3.70. The minimum atomic E-state index is -4.21. The van der Waals surface area contributed by atoms with E-state index >= 15 is 0 Å². The molecule has 0 aliphatic carbocycles. The van der Waals surface area contributed by atoms with Crippen molar-refractivity contribution in [3.05, 3.63) is 0 Å². The van der Waals surface area contributed by atoms with Gasteiger partial charge in [-0.05, 0) is 6.42 Å². The van der Waals surface area contributed by atoms with Crippen LogP contribution in [0.25, 0.3) is 0 Å². The molecule has 7 nitrogen and oxygen atoms in total. The van der Waals surface area contributed by atoms with Crippen molar-refractivity contribution in [1.29, 1.82) is 0 Å². The van der Waals surface area contributed by atoms with Crippen molar-refractivity contribution in [3.8, 4) is 0 Å². The Balaban J connectivity index is 3.89. The molecule has 0 atom stereocenters. The molecule has 9 heteroatoms. The van der Waals surface area contributed by atoms with Crippen LogP contribution in [0.1, 0.15) is 6.42 Å². The molecule has 0 bridgehead atoms. The highest BCUT2D eigenvalue weighted by molar-refractivity contribution is 7.87. The zero-order valence-electron chi connectivity index (χ0n) is 7.29. The van der Waals surface area contributed by atoms with Crippen molar-refractivity contribution in [1.82, 2.24) is 0 Å². The van der Waals surface area contributed by atoms with Crippen LogP contribution in [0.15, 0.2) is 0 Å². The molecule has 0 aromatic rings. The van der Waals surface area contributed by atoms with Crippen LogP contribution in [0.5, 0.6) is 0 Å². The fourth-order valence-electron chi connectivity index (χ4n) is 0.567. The highest BCUT2D eigenvalue weighted by Gasteiger charge is 2.12. The first-order chi connectivity index (χ1) is 6.27. The topological polar surface area (TPSA) is 118 Å². The Labute approximate surface area is 82.6 Å². The number of rotatable bonds is 7. The second-order valence-electron chi connectivity index (χ2n) is 2.45. The lowest BCUT2D eigenvalue weighted by Crippen LogP contribution is -2.17. The predicted molar refractivity (Wildman–Crippen MR) is 47.9 cm³/mol. The Morgan fingerprint density at radius 1 is 1.07 bits per heavy atom. The van der Waals surface area contributed by atoms with Gasteiger partial charge in [0.15, 0.2) is 0 Å². The molecule has 0 rings (SSSR count). The number of hydrogen-bond acceptors (Lipinski definition) is 6. The van der Waals surface area contributed by atoms with E-state index in [9.17, 15) is 16.8 Å². The van der Waals surface area contributed by atoms with Crippen LogP contribution in [-0.2, 0) is 24.4 Å². The Kier molecular flexibility index (Phi) is 5.52. The van der Waals surface area contributed by atoms with Crippen molar-refractivity contribution in [2.75, 3.05) is 24.7 Å². The van der Waals surface area contributed by atoms with Crippen molar-refractivity contribution >= 4 is 20.2 Å². The molecular weight excluding hydrogens is 236 g/mol. The second kappa shape index (κ2) is 5.61. The Bertz CT molecular complexity index is 340. The van der Waals surface area contributed by atoms with Crippen molar-refractivity contribution in [2.24, 2.45) is 0 Å². The Morgan fingerprint density at radius 3 is 2.07 bits per heavy atom. The van der Waals surface area contributed by atoms with E-state index in [0.717, 1.165) is 0 Å². The van der Waals surface area contributed by atoms with Crippen LogP contribution in [-0.4, -0.2) is 51.2 Å². The van der Waals surface area contributed by atoms with E-state index in [1.807, 2.05) is 0 Å². The lowest BCUT2D eigenvalue weighted by molar-refractivity contribution is 0.289. The summed E-state index contributed by atoms with van der Waals surface area (Å²) in [6.07, 6.45) is 0.0220. The molecule has 14 heavy (non-hydrogen) atoms. The third kappa shape index (κ3) is 8.38. The minimum absolute atomic E-state index is 0.0220. The summed E-state index contributed by atoms with van der Waals surface area (Å²) in [5.41, 5.74) is 0. The van der Waals surface area contributed by atoms with Gasteiger partial charge in [0.25, 0.3) is 20.2 Å². The normalized spacial score (nSPS) is 13.0. The highest BCUT2D eigenvalue weighted by atomic mass is 32.2. The third-order valence-corrected chi connectivity index (χ3v) is 3.15. The molecule has 86 valence electrons. The van der Waals surface area contributed by atoms with Crippen LogP contribution >= 0.6 is 0 Å². The summed E-state index contributed by atoms with van der Waals surface area (Å²) in [5, 5.41) is 8.33. The fraction of sp³-hybridized carbons (Fsp3) is 1.00. The average molecular weight is 248 g/mol. The van der Waals surface area contributed by atoms with E-state index in [4.69, 9.17) is 9.66 Å². The van der Waals surface area contributed by atoms with Crippen LogP contribution in [0.3, 0.4) is 0 Å². The molecule has 0 radical (unpaired) electrons. The van der Waals surface area contributed by atoms with E-state index in [0.29, 0.717) is 0 Å². The summed E-state index contributed by atoms with van der Waals surface area (Å²) in [4.78, 5) is 0. The molecule has 0 amide bonds. The van der Waals surface area contributed by atoms with Crippen LogP contribution in [0, 0.1) is 0 Å². The molecule has 0 fully saturated rings. The van der Waals surface area contributed by atoms with Gasteiger partial charge in [-0.15, -0.1) is 0 Å². The van der Waals surface area contributed by atoms with Gasteiger partial charge in [0.2, 0.25) is 0 Å². The van der Waals surface area contributed by atoms with E-state index in [2.05, 4.69) is 4.18 Å². The maximum Gasteiger partial charge on any atom is 0.267 e. The average Bonchev–Trinajstić information content (AvgIpc) is 1.98. The van der Waals surface area contributed by atoms with Gasteiger partial charge in [-0.3, -0.25) is 8.74 Å². The summed E-state index contributed by atoms with van der Waals surface area (Å²) in [6.45, 7) is -0.909. The number of hydrogen-bond donors (Lipinski definition) is 2. The van der Waals surface area contributed by atoms with E-state index in [-0.39, 0.29) is 18.8 Å². The zero-order valence-corrected chi connectivity index (χ0v) is 8.92.